The molecule has 3 heterocycles. The SMILES string of the molecule is COc1cc(-c2ccc(C(F)(F)F)nc2)c(F)cc1-n1c(=O)ccc2cc(S(=O)(=O)Nc3ccon3)ccc21. The van der Waals surface area contributed by atoms with Crippen LogP contribution in [0.4, 0.5) is 23.4 Å². The predicted octanol–water partition coefficient (Wildman–Crippen LogP) is 5.01. The molecule has 0 aliphatic heterocycles. The number of nitrogens with one attached hydrogen (secondary N) is 1. The van der Waals surface area contributed by atoms with E-state index in [1.807, 2.05) is 0 Å². The first kappa shape index (κ1) is 25.9. The molecule has 0 spiro atoms. The first-order chi connectivity index (χ1) is 18.5. The second-order valence-corrected chi connectivity index (χ2v) is 9.83. The van der Waals surface area contributed by atoms with Gasteiger partial charge in [0.1, 0.15) is 23.5 Å². The number of fused-ring (bicyclic) bond motifs is 1. The first-order valence-electron chi connectivity index (χ1n) is 11.0. The smallest absolute Gasteiger partial charge is 0.433 e. The topological polar surface area (TPSA) is 116 Å². The van der Waals surface area contributed by atoms with E-state index in [-0.39, 0.29) is 38.8 Å². The van der Waals surface area contributed by atoms with E-state index >= 15 is 4.39 Å². The van der Waals surface area contributed by atoms with Crippen molar-refractivity contribution in [1.82, 2.24) is 14.7 Å². The molecule has 5 aromatic rings. The van der Waals surface area contributed by atoms with Gasteiger partial charge in [-0.2, -0.15) is 13.2 Å². The summed E-state index contributed by atoms with van der Waals surface area (Å²) in [7, 11) is -2.77. The summed E-state index contributed by atoms with van der Waals surface area (Å²) >= 11 is 0. The number of hydrogen-bond acceptors (Lipinski definition) is 7. The summed E-state index contributed by atoms with van der Waals surface area (Å²) in [5.41, 5.74) is -1.51. The van der Waals surface area contributed by atoms with Gasteiger partial charge in [-0.05, 0) is 36.4 Å². The van der Waals surface area contributed by atoms with E-state index in [0.717, 1.165) is 29.0 Å². The third kappa shape index (κ3) is 4.93. The van der Waals surface area contributed by atoms with Crippen LogP contribution in [0.3, 0.4) is 0 Å². The van der Waals surface area contributed by atoms with Crippen LogP contribution in [0.2, 0.25) is 0 Å². The Bertz CT molecular complexity index is 1850. The summed E-state index contributed by atoms with van der Waals surface area (Å²) in [5.74, 6) is -0.846. The largest absolute Gasteiger partial charge is 0.495 e. The number of hydrogen-bond donors (Lipinski definition) is 1. The number of pyridine rings is 2. The second-order valence-electron chi connectivity index (χ2n) is 8.15. The maximum atomic E-state index is 15.3. The Morgan fingerprint density at radius 3 is 2.46 bits per heavy atom. The molecule has 0 aliphatic carbocycles. The van der Waals surface area contributed by atoms with E-state index in [1.54, 1.807) is 0 Å². The van der Waals surface area contributed by atoms with Crippen LogP contribution in [0.5, 0.6) is 5.75 Å². The molecule has 0 amide bonds. The van der Waals surface area contributed by atoms with E-state index in [0.29, 0.717) is 5.39 Å². The average Bonchev–Trinajstić information content (AvgIpc) is 3.40. The van der Waals surface area contributed by atoms with E-state index in [9.17, 15) is 26.4 Å². The van der Waals surface area contributed by atoms with Crippen molar-refractivity contribution in [2.75, 3.05) is 11.8 Å². The van der Waals surface area contributed by atoms with Gasteiger partial charge in [0.05, 0.1) is 23.2 Å². The third-order valence-electron chi connectivity index (χ3n) is 5.73. The molecule has 5 rings (SSSR count). The standard InChI is InChI=1S/C25H16F4N4O5S/c1-37-21-11-17(15-2-6-22(30-13-15)25(27,28)29)18(26)12-20(21)33-19-5-4-16(10-14(19)3-7-24(33)34)39(35,36)32-23-8-9-38-31-23/h2-13H,1H3,(H,31,32). The minimum absolute atomic E-state index is 0.00875. The maximum absolute atomic E-state index is 15.3. The first-order valence-corrected chi connectivity index (χ1v) is 12.5. The van der Waals surface area contributed by atoms with Gasteiger partial charge in [-0.25, -0.2) is 12.8 Å². The van der Waals surface area contributed by atoms with Gasteiger partial charge in [-0.1, -0.05) is 11.2 Å². The van der Waals surface area contributed by atoms with Crippen molar-refractivity contribution in [3.8, 4) is 22.6 Å². The Labute approximate surface area is 217 Å². The molecule has 2 aromatic carbocycles. The number of anilines is 1. The summed E-state index contributed by atoms with van der Waals surface area (Å²) in [5, 5.41) is 3.84. The molecule has 0 fully saturated rings. The lowest BCUT2D eigenvalue weighted by Crippen LogP contribution is -2.19. The molecule has 0 saturated heterocycles. The molecule has 0 unspecified atom stereocenters. The molecule has 3 aromatic heterocycles. The zero-order valence-corrected chi connectivity index (χ0v) is 20.5. The highest BCUT2D eigenvalue weighted by molar-refractivity contribution is 7.92. The molecule has 39 heavy (non-hydrogen) atoms. The minimum Gasteiger partial charge on any atom is -0.495 e. The van der Waals surface area contributed by atoms with Crippen molar-refractivity contribution >= 4 is 26.7 Å². The molecule has 0 atom stereocenters. The summed E-state index contributed by atoms with van der Waals surface area (Å²) in [6.45, 7) is 0. The van der Waals surface area contributed by atoms with Crippen LogP contribution >= 0.6 is 0 Å². The molecule has 9 nitrogen and oxygen atoms in total. The van der Waals surface area contributed by atoms with Gasteiger partial charge in [0.2, 0.25) is 0 Å². The van der Waals surface area contributed by atoms with E-state index in [1.165, 1.54) is 55.8 Å². The molecule has 0 saturated carbocycles. The zero-order chi connectivity index (χ0) is 27.9. The third-order valence-corrected chi connectivity index (χ3v) is 7.08. The van der Waals surface area contributed by atoms with Crippen LogP contribution in [0.25, 0.3) is 27.7 Å². The van der Waals surface area contributed by atoms with Crippen LogP contribution in [-0.2, 0) is 16.2 Å². The summed E-state index contributed by atoms with van der Waals surface area (Å²) in [6.07, 6.45) is -2.57. The summed E-state index contributed by atoms with van der Waals surface area (Å²) in [4.78, 5) is 16.1. The van der Waals surface area contributed by atoms with E-state index < -0.39 is 33.3 Å². The Morgan fingerprint density at radius 2 is 1.82 bits per heavy atom. The molecule has 200 valence electrons. The van der Waals surface area contributed by atoms with Gasteiger partial charge in [0.25, 0.3) is 15.6 Å². The fourth-order valence-corrected chi connectivity index (χ4v) is 4.95. The molecule has 0 radical (unpaired) electrons. The van der Waals surface area contributed by atoms with Crippen molar-refractivity contribution in [2.24, 2.45) is 0 Å². The number of benzene rings is 2. The van der Waals surface area contributed by atoms with Crippen LogP contribution in [0.1, 0.15) is 5.69 Å². The van der Waals surface area contributed by atoms with Crippen LogP contribution in [-0.4, -0.2) is 30.2 Å². The zero-order valence-electron chi connectivity index (χ0n) is 19.7. The number of rotatable bonds is 6. The van der Waals surface area contributed by atoms with Crippen molar-refractivity contribution < 1.29 is 35.2 Å². The number of halogens is 4. The van der Waals surface area contributed by atoms with Gasteiger partial charge in [0, 0.05) is 40.9 Å². The molecular weight excluding hydrogens is 544 g/mol. The average molecular weight is 560 g/mol. The summed E-state index contributed by atoms with van der Waals surface area (Å²) in [6, 6.07) is 11.9. The fourth-order valence-electron chi connectivity index (χ4n) is 3.92. The van der Waals surface area contributed by atoms with Crippen molar-refractivity contribution in [1.29, 1.82) is 0 Å². The van der Waals surface area contributed by atoms with E-state index in [4.69, 9.17) is 4.74 Å². The van der Waals surface area contributed by atoms with Crippen LogP contribution in [0.15, 0.2) is 87.3 Å². The number of sulfonamides is 1. The maximum Gasteiger partial charge on any atom is 0.433 e. The lowest BCUT2D eigenvalue weighted by Gasteiger charge is -2.16. The highest BCUT2D eigenvalue weighted by atomic mass is 32.2. The molecule has 1 N–H and O–H groups in total. The highest BCUT2D eigenvalue weighted by Crippen LogP contribution is 2.35. The molecular formula is C25H16F4N4O5S. The molecule has 14 heteroatoms. The molecule has 0 aliphatic rings. The fraction of sp³-hybridized carbons (Fsp3) is 0.0800. The quantitative estimate of drug-likeness (QED) is 0.290. The Hall–Kier alpha value is -4.72. The second kappa shape index (κ2) is 9.54. The number of methoxy groups -OCH3 is 1. The molecule has 0 bridgehead atoms. The number of alkyl halides is 3. The van der Waals surface area contributed by atoms with Gasteiger partial charge in [0.15, 0.2) is 5.82 Å². The lowest BCUT2D eigenvalue weighted by atomic mass is 10.0. The Morgan fingerprint density at radius 1 is 1.03 bits per heavy atom. The highest BCUT2D eigenvalue weighted by Gasteiger charge is 2.32. The van der Waals surface area contributed by atoms with Gasteiger partial charge >= 0.3 is 6.18 Å². The monoisotopic (exact) mass is 560 g/mol. The van der Waals surface area contributed by atoms with Crippen molar-refractivity contribution in [3.63, 3.8) is 0 Å². The van der Waals surface area contributed by atoms with Crippen LogP contribution < -0.4 is 15.0 Å². The van der Waals surface area contributed by atoms with Crippen molar-refractivity contribution in [2.45, 2.75) is 11.1 Å². The normalized spacial score (nSPS) is 12.0. The Balaban J connectivity index is 1.60. The van der Waals surface area contributed by atoms with E-state index in [2.05, 4.69) is 19.4 Å². The number of aromatic nitrogens is 3. The van der Waals surface area contributed by atoms with Gasteiger partial charge in [-0.15, -0.1) is 0 Å². The number of ether oxygens (including phenoxy) is 1. The van der Waals surface area contributed by atoms with Crippen molar-refractivity contribution in [3.05, 3.63) is 95.0 Å². The Kier molecular flexibility index (Phi) is 6.34. The lowest BCUT2D eigenvalue weighted by molar-refractivity contribution is -0.141. The van der Waals surface area contributed by atoms with Gasteiger partial charge in [-0.3, -0.25) is 19.1 Å². The number of nitrogens with zero attached hydrogens (tertiary/aromatic N) is 3. The van der Waals surface area contributed by atoms with Gasteiger partial charge < -0.3 is 9.26 Å². The summed E-state index contributed by atoms with van der Waals surface area (Å²) < 4.78 is 92.8. The minimum atomic E-state index is -4.65. The van der Waals surface area contributed by atoms with Crippen LogP contribution in [0, 0.1) is 5.82 Å². The predicted molar refractivity (Wildman–Crippen MR) is 132 cm³/mol.